The minimum absolute atomic E-state index is 0.107. The zero-order chi connectivity index (χ0) is 13.7. The van der Waals surface area contributed by atoms with Crippen molar-refractivity contribution in [3.05, 3.63) is 0 Å². The van der Waals surface area contributed by atoms with E-state index in [1.807, 2.05) is 0 Å². The van der Waals surface area contributed by atoms with Gasteiger partial charge >= 0.3 is 6.18 Å². The molecule has 0 aliphatic heterocycles. The first-order valence-electron chi connectivity index (χ1n) is 7.71. The largest absolute Gasteiger partial charge is 0.394 e. The van der Waals surface area contributed by atoms with Crippen molar-refractivity contribution in [3.63, 3.8) is 0 Å². The molecule has 108 valence electrons. The third-order valence-corrected chi connectivity index (χ3v) is 7.33. The van der Waals surface area contributed by atoms with E-state index in [2.05, 4.69) is 13.8 Å². The summed E-state index contributed by atoms with van der Waals surface area (Å²) in [6, 6.07) is 0. The number of alkyl halides is 3. The normalized spacial score (nSPS) is 54.0. The molecule has 0 aromatic carbocycles. The van der Waals surface area contributed by atoms with Crippen LogP contribution in [-0.4, -0.2) is 6.18 Å². The maximum atomic E-state index is 12.8. The average molecular weight is 272 g/mol. The molecule has 0 atom stereocenters. The van der Waals surface area contributed by atoms with E-state index < -0.39 is 11.6 Å². The fourth-order valence-corrected chi connectivity index (χ4v) is 6.06. The molecule has 0 spiro atoms. The second-order valence-electron chi connectivity index (χ2n) is 8.86. The molecule has 0 aromatic rings. The molecule has 0 N–H and O–H groups in total. The Morgan fingerprint density at radius 3 is 1.63 bits per heavy atom. The van der Waals surface area contributed by atoms with Crippen molar-refractivity contribution < 1.29 is 13.2 Å². The van der Waals surface area contributed by atoms with Crippen LogP contribution in [-0.2, 0) is 0 Å². The summed E-state index contributed by atoms with van der Waals surface area (Å²) in [5, 5.41) is 0. The third kappa shape index (κ3) is 1.33. The molecule has 19 heavy (non-hydrogen) atoms. The van der Waals surface area contributed by atoms with Gasteiger partial charge in [0.05, 0.1) is 5.41 Å². The zero-order valence-electron chi connectivity index (χ0n) is 11.9. The van der Waals surface area contributed by atoms with Crippen LogP contribution in [0.5, 0.6) is 0 Å². The Hall–Kier alpha value is -0.210. The molecule has 6 fully saturated rings. The SMILES string of the molecule is CC(C)C12CC(CCC34CC(C(F)(F)F)(C3)C4)(C1)C2. The fraction of sp³-hybridized carbons (Fsp3) is 1.00. The van der Waals surface area contributed by atoms with Gasteiger partial charge < -0.3 is 0 Å². The molecule has 6 aliphatic carbocycles. The molecule has 0 amide bonds. The molecule has 0 heterocycles. The van der Waals surface area contributed by atoms with Gasteiger partial charge in [0.15, 0.2) is 0 Å². The number of hydrogen-bond donors (Lipinski definition) is 0. The number of hydrogen-bond acceptors (Lipinski definition) is 0. The lowest BCUT2D eigenvalue weighted by atomic mass is 9.29. The summed E-state index contributed by atoms with van der Waals surface area (Å²) in [7, 11) is 0. The third-order valence-electron chi connectivity index (χ3n) is 7.33. The van der Waals surface area contributed by atoms with Gasteiger partial charge in [0.2, 0.25) is 0 Å². The van der Waals surface area contributed by atoms with Crippen LogP contribution in [0.3, 0.4) is 0 Å². The number of halogens is 3. The Kier molecular flexibility index (Phi) is 1.99. The minimum atomic E-state index is -3.94. The van der Waals surface area contributed by atoms with Gasteiger partial charge in [0, 0.05) is 0 Å². The van der Waals surface area contributed by atoms with Crippen molar-refractivity contribution in [1.29, 1.82) is 0 Å². The second-order valence-corrected chi connectivity index (χ2v) is 8.86. The summed E-state index contributed by atoms with van der Waals surface area (Å²) in [4.78, 5) is 0. The monoisotopic (exact) mass is 272 g/mol. The molecule has 3 heteroatoms. The Morgan fingerprint density at radius 2 is 1.26 bits per heavy atom. The molecule has 4 bridgehead atoms. The van der Waals surface area contributed by atoms with Crippen LogP contribution in [0.15, 0.2) is 0 Å². The topological polar surface area (TPSA) is 0 Å². The lowest BCUT2D eigenvalue weighted by Gasteiger charge is -2.76. The van der Waals surface area contributed by atoms with Gasteiger partial charge in [0.25, 0.3) is 0 Å². The second kappa shape index (κ2) is 3.01. The molecule has 6 saturated carbocycles. The maximum absolute atomic E-state index is 12.8. The summed E-state index contributed by atoms with van der Waals surface area (Å²) in [5.41, 5.74) is 0.0548. The van der Waals surface area contributed by atoms with Crippen molar-refractivity contribution in [2.45, 2.75) is 71.4 Å². The highest BCUT2D eigenvalue weighted by Crippen LogP contribution is 2.83. The van der Waals surface area contributed by atoms with E-state index in [4.69, 9.17) is 0 Å². The standard InChI is InChI=1S/C16H23F3/c1-11(2)14-5-12(6-14,7-14)3-4-13-8-15(9-13,10-13)16(17,18)19/h11H,3-10H2,1-2H3. The van der Waals surface area contributed by atoms with Crippen molar-refractivity contribution >= 4 is 0 Å². The van der Waals surface area contributed by atoms with Crippen LogP contribution in [0.2, 0.25) is 0 Å². The fourth-order valence-electron chi connectivity index (χ4n) is 6.06. The smallest absolute Gasteiger partial charge is 0.171 e. The first-order valence-corrected chi connectivity index (χ1v) is 7.71. The summed E-state index contributed by atoms with van der Waals surface area (Å²) >= 11 is 0. The Balaban J connectivity index is 1.28. The predicted molar refractivity (Wildman–Crippen MR) is 67.6 cm³/mol. The van der Waals surface area contributed by atoms with E-state index in [0.29, 0.717) is 30.1 Å². The zero-order valence-corrected chi connectivity index (χ0v) is 11.9. The van der Waals surface area contributed by atoms with Crippen molar-refractivity contribution in [2.75, 3.05) is 0 Å². The van der Waals surface area contributed by atoms with E-state index >= 15 is 0 Å². The van der Waals surface area contributed by atoms with Gasteiger partial charge in [-0.2, -0.15) is 13.2 Å². The quantitative estimate of drug-likeness (QED) is 0.649. The molecule has 0 aromatic heterocycles. The highest BCUT2D eigenvalue weighted by molar-refractivity contribution is 5.22. The van der Waals surface area contributed by atoms with Crippen LogP contribution in [0.1, 0.15) is 65.2 Å². The molecule has 6 rings (SSSR count). The maximum Gasteiger partial charge on any atom is 0.394 e. The molecule has 0 saturated heterocycles. The number of rotatable bonds is 4. The van der Waals surface area contributed by atoms with E-state index in [1.54, 1.807) is 0 Å². The molecular weight excluding hydrogens is 249 g/mol. The highest BCUT2D eigenvalue weighted by Gasteiger charge is 2.78. The summed E-state index contributed by atoms with van der Waals surface area (Å²) < 4.78 is 38.4. The van der Waals surface area contributed by atoms with E-state index in [-0.39, 0.29) is 5.41 Å². The molecule has 6 aliphatic rings. The lowest BCUT2D eigenvalue weighted by Crippen LogP contribution is -2.69. The Labute approximate surface area is 113 Å². The van der Waals surface area contributed by atoms with Crippen molar-refractivity contribution in [1.82, 2.24) is 0 Å². The van der Waals surface area contributed by atoms with Crippen LogP contribution in [0.4, 0.5) is 13.2 Å². The average Bonchev–Trinajstić information content (AvgIpc) is 1.96. The minimum Gasteiger partial charge on any atom is -0.171 e. The molecule has 0 radical (unpaired) electrons. The van der Waals surface area contributed by atoms with Gasteiger partial charge in [0.1, 0.15) is 0 Å². The Morgan fingerprint density at radius 1 is 0.842 bits per heavy atom. The Bertz CT molecular complexity index is 392. The van der Waals surface area contributed by atoms with E-state index in [1.165, 1.54) is 25.7 Å². The summed E-state index contributed by atoms with van der Waals surface area (Å²) in [6.45, 7) is 4.63. The molecule has 0 unspecified atom stereocenters. The van der Waals surface area contributed by atoms with Gasteiger partial charge in [-0.25, -0.2) is 0 Å². The summed E-state index contributed by atoms with van der Waals surface area (Å²) in [5.74, 6) is 0.790. The molecule has 0 nitrogen and oxygen atoms in total. The summed E-state index contributed by atoms with van der Waals surface area (Å²) in [6.07, 6.45) is 3.73. The van der Waals surface area contributed by atoms with Gasteiger partial charge in [-0.15, -0.1) is 0 Å². The highest BCUT2D eigenvalue weighted by atomic mass is 19.4. The molecular formula is C16H23F3. The van der Waals surface area contributed by atoms with E-state index in [0.717, 1.165) is 12.3 Å². The van der Waals surface area contributed by atoms with Crippen LogP contribution in [0, 0.1) is 27.6 Å². The van der Waals surface area contributed by atoms with Gasteiger partial charge in [-0.3, -0.25) is 0 Å². The van der Waals surface area contributed by atoms with Crippen LogP contribution in [0.25, 0.3) is 0 Å². The van der Waals surface area contributed by atoms with Gasteiger partial charge in [-0.1, -0.05) is 13.8 Å². The van der Waals surface area contributed by atoms with Crippen LogP contribution < -0.4 is 0 Å². The van der Waals surface area contributed by atoms with Crippen LogP contribution >= 0.6 is 0 Å². The predicted octanol–water partition coefficient (Wildman–Crippen LogP) is 5.33. The van der Waals surface area contributed by atoms with Crippen molar-refractivity contribution in [2.24, 2.45) is 27.6 Å². The van der Waals surface area contributed by atoms with Gasteiger partial charge in [-0.05, 0) is 73.5 Å². The van der Waals surface area contributed by atoms with Crippen molar-refractivity contribution in [3.8, 4) is 0 Å². The first kappa shape index (κ1) is 12.5. The lowest BCUT2D eigenvalue weighted by molar-refractivity contribution is -0.368. The van der Waals surface area contributed by atoms with E-state index in [9.17, 15) is 13.2 Å². The first-order chi connectivity index (χ1) is 8.64.